The van der Waals surface area contributed by atoms with Crippen LogP contribution in [-0.2, 0) is 12.5 Å². The fourth-order valence-electron chi connectivity index (χ4n) is 1.28. The molecule has 0 saturated heterocycles. The SMILES string of the molecule is CCC(C)NC(=O)c1cn(C(F)(F)F)nc1C(F)(F)F. The van der Waals surface area contributed by atoms with E-state index < -0.39 is 40.4 Å². The van der Waals surface area contributed by atoms with Crippen molar-refractivity contribution in [3.05, 3.63) is 17.5 Å². The van der Waals surface area contributed by atoms with Gasteiger partial charge in [0.15, 0.2) is 5.69 Å². The van der Waals surface area contributed by atoms with E-state index in [1.807, 2.05) is 0 Å². The first-order chi connectivity index (χ1) is 8.96. The fourth-order valence-corrected chi connectivity index (χ4v) is 1.28. The first-order valence-electron chi connectivity index (χ1n) is 5.51. The standard InChI is InChI=1S/C10H11F6N3O/c1-3-5(2)17-8(20)6-4-19(10(14,15)16)18-7(6)9(11,12)13/h4-5H,3H2,1-2H3,(H,17,20). The van der Waals surface area contributed by atoms with Crippen molar-refractivity contribution < 1.29 is 31.1 Å². The van der Waals surface area contributed by atoms with E-state index in [0.717, 1.165) is 0 Å². The number of nitrogens with zero attached hydrogens (tertiary/aromatic N) is 2. The fraction of sp³-hybridized carbons (Fsp3) is 0.600. The Bertz CT molecular complexity index is 490. The average molecular weight is 303 g/mol. The molecule has 0 aliphatic carbocycles. The van der Waals surface area contributed by atoms with Gasteiger partial charge in [-0.2, -0.15) is 23.0 Å². The smallest absolute Gasteiger partial charge is 0.349 e. The molecule has 0 aliphatic rings. The highest BCUT2D eigenvalue weighted by Gasteiger charge is 2.43. The molecule has 1 aromatic rings. The molecule has 0 aliphatic heterocycles. The lowest BCUT2D eigenvalue weighted by atomic mass is 10.2. The lowest BCUT2D eigenvalue weighted by Gasteiger charge is -2.11. The quantitative estimate of drug-likeness (QED) is 0.873. The highest BCUT2D eigenvalue weighted by atomic mass is 19.4. The number of carbonyl (C=O) groups is 1. The van der Waals surface area contributed by atoms with Crippen LogP contribution >= 0.6 is 0 Å². The lowest BCUT2D eigenvalue weighted by Crippen LogP contribution is -2.33. The largest absolute Gasteiger partial charge is 0.504 e. The molecule has 114 valence electrons. The molecule has 0 saturated carbocycles. The van der Waals surface area contributed by atoms with E-state index in [2.05, 4.69) is 10.4 Å². The summed E-state index contributed by atoms with van der Waals surface area (Å²) >= 11 is 0. The Labute approximate surface area is 109 Å². The second-order valence-corrected chi connectivity index (χ2v) is 4.08. The van der Waals surface area contributed by atoms with E-state index in [9.17, 15) is 31.1 Å². The number of hydrogen-bond acceptors (Lipinski definition) is 2. The molecule has 0 aromatic carbocycles. The van der Waals surface area contributed by atoms with E-state index in [0.29, 0.717) is 6.42 Å². The van der Waals surface area contributed by atoms with Crippen molar-refractivity contribution in [3.63, 3.8) is 0 Å². The molecule has 1 rings (SSSR count). The Balaban J connectivity index is 3.23. The van der Waals surface area contributed by atoms with E-state index in [1.165, 1.54) is 6.92 Å². The normalized spacial score (nSPS) is 14.2. The molecule has 0 fully saturated rings. The molecular weight excluding hydrogens is 292 g/mol. The van der Waals surface area contributed by atoms with Crippen molar-refractivity contribution >= 4 is 5.91 Å². The summed E-state index contributed by atoms with van der Waals surface area (Å²) in [5.74, 6) is -1.25. The number of nitrogens with one attached hydrogen (secondary N) is 1. The van der Waals surface area contributed by atoms with Crippen molar-refractivity contribution in [3.8, 4) is 0 Å². The molecule has 0 radical (unpaired) electrons. The van der Waals surface area contributed by atoms with Crippen LogP contribution in [0.4, 0.5) is 26.3 Å². The number of carbonyl (C=O) groups excluding carboxylic acids is 1. The number of hydrogen-bond donors (Lipinski definition) is 1. The van der Waals surface area contributed by atoms with Crippen molar-refractivity contribution in [1.29, 1.82) is 0 Å². The maximum Gasteiger partial charge on any atom is 0.504 e. The van der Waals surface area contributed by atoms with Crippen LogP contribution in [0.1, 0.15) is 36.3 Å². The molecule has 1 atom stereocenters. The summed E-state index contributed by atoms with van der Waals surface area (Å²) in [4.78, 5) is 11.6. The van der Waals surface area contributed by atoms with E-state index in [1.54, 1.807) is 6.92 Å². The van der Waals surface area contributed by atoms with Gasteiger partial charge in [0.05, 0.1) is 5.56 Å². The Morgan fingerprint density at radius 1 is 1.35 bits per heavy atom. The monoisotopic (exact) mass is 303 g/mol. The Kier molecular flexibility index (Phi) is 4.35. The third kappa shape index (κ3) is 3.64. The van der Waals surface area contributed by atoms with Gasteiger partial charge in [-0.1, -0.05) is 6.92 Å². The van der Waals surface area contributed by atoms with Gasteiger partial charge in [0.1, 0.15) is 0 Å². The van der Waals surface area contributed by atoms with Crippen molar-refractivity contribution in [1.82, 2.24) is 15.1 Å². The summed E-state index contributed by atoms with van der Waals surface area (Å²) < 4.78 is 74.1. The van der Waals surface area contributed by atoms with Gasteiger partial charge in [0.2, 0.25) is 0 Å². The van der Waals surface area contributed by atoms with Crippen LogP contribution in [0, 0.1) is 0 Å². The molecule has 1 amide bonds. The van der Waals surface area contributed by atoms with E-state index >= 15 is 0 Å². The summed E-state index contributed by atoms with van der Waals surface area (Å²) in [5, 5.41) is 4.58. The summed E-state index contributed by atoms with van der Waals surface area (Å²) in [7, 11) is 0. The molecular formula is C10H11F6N3O. The highest BCUT2D eigenvalue weighted by molar-refractivity contribution is 5.95. The first-order valence-corrected chi connectivity index (χ1v) is 5.51. The van der Waals surface area contributed by atoms with Crippen LogP contribution in [0.2, 0.25) is 0 Å². The zero-order valence-electron chi connectivity index (χ0n) is 10.4. The van der Waals surface area contributed by atoms with Gasteiger partial charge >= 0.3 is 12.5 Å². The van der Waals surface area contributed by atoms with Crippen molar-refractivity contribution in [2.24, 2.45) is 0 Å². The topological polar surface area (TPSA) is 46.9 Å². The molecule has 1 N–H and O–H groups in total. The van der Waals surface area contributed by atoms with Crippen LogP contribution in [0.5, 0.6) is 0 Å². The minimum Gasteiger partial charge on any atom is -0.349 e. The van der Waals surface area contributed by atoms with Crippen molar-refractivity contribution in [2.45, 2.75) is 38.8 Å². The van der Waals surface area contributed by atoms with Crippen LogP contribution in [0.15, 0.2) is 6.20 Å². The van der Waals surface area contributed by atoms with Gasteiger partial charge in [-0.3, -0.25) is 4.79 Å². The Hall–Kier alpha value is -1.74. The molecule has 0 spiro atoms. The second-order valence-electron chi connectivity index (χ2n) is 4.08. The van der Waals surface area contributed by atoms with Crippen LogP contribution < -0.4 is 5.32 Å². The zero-order chi connectivity index (χ0) is 15.7. The minimum atomic E-state index is -5.15. The summed E-state index contributed by atoms with van der Waals surface area (Å²) in [6.07, 6.45) is -9.84. The molecule has 4 nitrogen and oxygen atoms in total. The summed E-state index contributed by atoms with van der Waals surface area (Å²) in [6.45, 7) is 3.17. The highest BCUT2D eigenvalue weighted by Crippen LogP contribution is 2.33. The molecule has 10 heteroatoms. The second kappa shape index (κ2) is 5.33. The third-order valence-electron chi connectivity index (χ3n) is 2.48. The number of aromatic nitrogens is 2. The maximum absolute atomic E-state index is 12.6. The Morgan fingerprint density at radius 3 is 2.30 bits per heavy atom. The number of alkyl halides is 6. The van der Waals surface area contributed by atoms with Crippen LogP contribution in [0.3, 0.4) is 0 Å². The van der Waals surface area contributed by atoms with Gasteiger partial charge < -0.3 is 5.32 Å². The number of rotatable bonds is 3. The summed E-state index contributed by atoms with van der Waals surface area (Å²) in [5.41, 5.74) is -3.02. The number of halogens is 6. The molecule has 1 aromatic heterocycles. The molecule has 20 heavy (non-hydrogen) atoms. The van der Waals surface area contributed by atoms with Gasteiger partial charge in [-0.15, -0.1) is 13.2 Å². The van der Waals surface area contributed by atoms with E-state index in [4.69, 9.17) is 0 Å². The maximum atomic E-state index is 12.6. The van der Waals surface area contributed by atoms with Gasteiger partial charge in [0.25, 0.3) is 5.91 Å². The van der Waals surface area contributed by atoms with Crippen LogP contribution in [0.25, 0.3) is 0 Å². The number of amides is 1. The summed E-state index contributed by atoms with van der Waals surface area (Å²) in [6, 6.07) is -0.474. The van der Waals surface area contributed by atoms with Crippen LogP contribution in [-0.4, -0.2) is 21.7 Å². The average Bonchev–Trinajstić information content (AvgIpc) is 2.72. The van der Waals surface area contributed by atoms with E-state index in [-0.39, 0.29) is 6.20 Å². The van der Waals surface area contributed by atoms with Gasteiger partial charge in [0, 0.05) is 12.2 Å². The predicted molar refractivity (Wildman–Crippen MR) is 55.7 cm³/mol. The van der Waals surface area contributed by atoms with Gasteiger partial charge in [-0.05, 0) is 13.3 Å². The first kappa shape index (κ1) is 16.3. The molecule has 1 heterocycles. The molecule has 0 bridgehead atoms. The minimum absolute atomic E-state index is 0.0283. The Morgan fingerprint density at radius 2 is 1.90 bits per heavy atom. The predicted octanol–water partition coefficient (Wildman–Crippen LogP) is 2.91. The third-order valence-corrected chi connectivity index (χ3v) is 2.48. The molecule has 1 unspecified atom stereocenters. The zero-order valence-corrected chi connectivity index (χ0v) is 10.4. The van der Waals surface area contributed by atoms with Gasteiger partial charge in [-0.25, -0.2) is 0 Å². The van der Waals surface area contributed by atoms with Crippen molar-refractivity contribution in [2.75, 3.05) is 0 Å². The lowest BCUT2D eigenvalue weighted by molar-refractivity contribution is -0.214.